The van der Waals surface area contributed by atoms with Crippen LogP contribution in [0.5, 0.6) is 11.5 Å². The Morgan fingerprint density at radius 3 is 2.76 bits per heavy atom. The van der Waals surface area contributed by atoms with Crippen molar-refractivity contribution in [2.45, 2.75) is 20.4 Å². The summed E-state index contributed by atoms with van der Waals surface area (Å²) >= 11 is 3.31. The number of hydrogen-bond acceptors (Lipinski definition) is 5. The first-order chi connectivity index (χ1) is 13.8. The fourth-order valence-electron chi connectivity index (χ4n) is 2.70. The van der Waals surface area contributed by atoms with E-state index in [4.69, 9.17) is 4.74 Å². The quantitative estimate of drug-likeness (QED) is 0.399. The minimum Gasteiger partial charge on any atom is -0.457 e. The van der Waals surface area contributed by atoms with Gasteiger partial charge in [-0.15, -0.1) is 0 Å². The van der Waals surface area contributed by atoms with Gasteiger partial charge in [-0.1, -0.05) is 19.1 Å². The average molecular weight is 459 g/mol. The fourth-order valence-corrected chi connectivity index (χ4v) is 3.03. The van der Waals surface area contributed by atoms with E-state index >= 15 is 0 Å². The Morgan fingerprint density at radius 2 is 2.10 bits per heavy atom. The van der Waals surface area contributed by atoms with Crippen LogP contribution in [-0.2, 0) is 11.3 Å². The van der Waals surface area contributed by atoms with Gasteiger partial charge < -0.3 is 10.1 Å². The monoisotopic (exact) mass is 458 g/mol. The summed E-state index contributed by atoms with van der Waals surface area (Å²) in [4.78, 5) is 23.3. The fraction of sp³-hybridized carbons (Fsp3) is 0.200. The van der Waals surface area contributed by atoms with Gasteiger partial charge in [-0.25, -0.2) is 0 Å². The van der Waals surface area contributed by atoms with Crippen molar-refractivity contribution in [2.75, 3.05) is 5.32 Å². The summed E-state index contributed by atoms with van der Waals surface area (Å²) in [5.41, 5.74) is 1.12. The number of carbonyl (C=O) groups is 1. The third kappa shape index (κ3) is 5.64. The van der Waals surface area contributed by atoms with Gasteiger partial charge in [-0.3, -0.25) is 19.6 Å². The minimum atomic E-state index is -0.524. The first-order valence-corrected chi connectivity index (χ1v) is 9.62. The van der Waals surface area contributed by atoms with Crippen molar-refractivity contribution in [3.05, 3.63) is 75.0 Å². The van der Waals surface area contributed by atoms with Gasteiger partial charge in [-0.05, 0) is 40.5 Å². The SMILES string of the molecule is Cc1cccc(Oc2cc(NC(=O)C(C)Cn3cc(Br)cn3)cc([N+](=O)[O-])c2)c1. The number of halogens is 1. The zero-order chi connectivity index (χ0) is 21.0. The topological polar surface area (TPSA) is 99.3 Å². The van der Waals surface area contributed by atoms with E-state index in [1.165, 1.54) is 12.1 Å². The number of carbonyl (C=O) groups excluding carboxylic acids is 1. The summed E-state index contributed by atoms with van der Waals surface area (Å²) in [5.74, 6) is 0.144. The van der Waals surface area contributed by atoms with Crippen LogP contribution in [0.15, 0.2) is 59.3 Å². The molecule has 1 heterocycles. The lowest BCUT2D eigenvalue weighted by molar-refractivity contribution is -0.384. The normalized spacial score (nSPS) is 11.7. The standard InChI is InChI=1S/C20H19BrN4O4/c1-13-4-3-5-18(6-13)29-19-8-16(7-17(9-19)25(27)28)23-20(26)14(2)11-24-12-15(21)10-22-24/h3-10,12,14H,11H2,1-2H3,(H,23,26). The average Bonchev–Trinajstić information content (AvgIpc) is 3.06. The largest absolute Gasteiger partial charge is 0.457 e. The molecule has 0 saturated carbocycles. The summed E-state index contributed by atoms with van der Waals surface area (Å²) in [5, 5.41) is 18.2. The summed E-state index contributed by atoms with van der Waals surface area (Å²) in [6.45, 7) is 4.05. The molecule has 3 rings (SSSR count). The molecule has 2 aromatic carbocycles. The summed E-state index contributed by atoms with van der Waals surface area (Å²) in [7, 11) is 0. The molecule has 0 bridgehead atoms. The molecule has 3 aromatic rings. The number of aryl methyl sites for hydroxylation is 1. The second kappa shape index (κ2) is 8.87. The van der Waals surface area contributed by atoms with E-state index in [1.54, 1.807) is 36.1 Å². The molecule has 1 amide bonds. The van der Waals surface area contributed by atoms with Crippen molar-refractivity contribution in [1.82, 2.24) is 9.78 Å². The second-order valence-electron chi connectivity index (χ2n) is 6.66. The predicted octanol–water partition coefficient (Wildman–Crippen LogP) is 4.93. The molecule has 0 aliphatic rings. The molecule has 0 saturated heterocycles. The molecule has 29 heavy (non-hydrogen) atoms. The number of non-ortho nitro benzene ring substituents is 1. The highest BCUT2D eigenvalue weighted by Gasteiger charge is 2.17. The van der Waals surface area contributed by atoms with Gasteiger partial charge in [-0.2, -0.15) is 5.10 Å². The summed E-state index contributed by atoms with van der Waals surface area (Å²) in [6, 6.07) is 11.5. The lowest BCUT2D eigenvalue weighted by Gasteiger charge is -2.13. The van der Waals surface area contributed by atoms with Crippen LogP contribution in [0.25, 0.3) is 0 Å². The Kier molecular flexibility index (Phi) is 6.28. The molecule has 150 valence electrons. The van der Waals surface area contributed by atoms with Crippen molar-refractivity contribution in [3.8, 4) is 11.5 Å². The molecule has 0 fully saturated rings. The maximum Gasteiger partial charge on any atom is 0.275 e. The van der Waals surface area contributed by atoms with E-state index < -0.39 is 10.8 Å². The van der Waals surface area contributed by atoms with Crippen LogP contribution in [0.2, 0.25) is 0 Å². The van der Waals surface area contributed by atoms with E-state index in [0.717, 1.165) is 10.0 Å². The highest BCUT2D eigenvalue weighted by Crippen LogP contribution is 2.30. The van der Waals surface area contributed by atoms with Gasteiger partial charge in [0, 0.05) is 18.3 Å². The maximum atomic E-state index is 12.5. The first-order valence-electron chi connectivity index (χ1n) is 8.83. The number of anilines is 1. The van der Waals surface area contributed by atoms with Crippen molar-refractivity contribution in [3.63, 3.8) is 0 Å². The minimum absolute atomic E-state index is 0.172. The number of nitrogens with one attached hydrogen (secondary N) is 1. The summed E-state index contributed by atoms with van der Waals surface area (Å²) < 4.78 is 8.22. The highest BCUT2D eigenvalue weighted by atomic mass is 79.9. The van der Waals surface area contributed by atoms with E-state index in [-0.39, 0.29) is 17.3 Å². The molecule has 1 aromatic heterocycles. The van der Waals surface area contributed by atoms with Crippen LogP contribution in [0.3, 0.4) is 0 Å². The molecule has 1 atom stereocenters. The third-order valence-corrected chi connectivity index (χ3v) is 4.51. The Balaban J connectivity index is 1.77. The molecule has 8 nitrogen and oxygen atoms in total. The number of nitrogens with zero attached hydrogens (tertiary/aromatic N) is 3. The molecule has 0 aliphatic heterocycles. The van der Waals surface area contributed by atoms with Gasteiger partial charge >= 0.3 is 0 Å². The molecular formula is C20H19BrN4O4. The molecular weight excluding hydrogens is 440 g/mol. The number of aromatic nitrogens is 2. The van der Waals surface area contributed by atoms with Crippen molar-refractivity contribution < 1.29 is 14.5 Å². The van der Waals surface area contributed by atoms with Crippen LogP contribution in [0.4, 0.5) is 11.4 Å². The van der Waals surface area contributed by atoms with Crippen LogP contribution < -0.4 is 10.1 Å². The van der Waals surface area contributed by atoms with Gasteiger partial charge in [0.05, 0.1) is 39.8 Å². The molecule has 1 unspecified atom stereocenters. The van der Waals surface area contributed by atoms with Crippen molar-refractivity contribution in [2.24, 2.45) is 5.92 Å². The van der Waals surface area contributed by atoms with E-state index in [2.05, 4.69) is 26.3 Å². The zero-order valence-corrected chi connectivity index (χ0v) is 17.4. The Hall–Kier alpha value is -3.20. The van der Waals surface area contributed by atoms with Crippen LogP contribution >= 0.6 is 15.9 Å². The van der Waals surface area contributed by atoms with Crippen LogP contribution in [0.1, 0.15) is 12.5 Å². The van der Waals surface area contributed by atoms with E-state index in [9.17, 15) is 14.9 Å². The number of nitro benzene ring substituents is 1. The molecule has 9 heteroatoms. The van der Waals surface area contributed by atoms with Crippen LogP contribution in [-0.4, -0.2) is 20.6 Å². The van der Waals surface area contributed by atoms with Gasteiger partial charge in [0.2, 0.25) is 5.91 Å². The predicted molar refractivity (Wildman–Crippen MR) is 112 cm³/mol. The van der Waals surface area contributed by atoms with Gasteiger partial charge in [0.25, 0.3) is 5.69 Å². The van der Waals surface area contributed by atoms with Gasteiger partial charge in [0.1, 0.15) is 11.5 Å². The summed E-state index contributed by atoms with van der Waals surface area (Å²) in [6.07, 6.45) is 3.41. The Morgan fingerprint density at radius 1 is 1.31 bits per heavy atom. The number of amides is 1. The second-order valence-corrected chi connectivity index (χ2v) is 7.58. The number of ether oxygens (including phenoxy) is 1. The highest BCUT2D eigenvalue weighted by molar-refractivity contribution is 9.10. The van der Waals surface area contributed by atoms with E-state index in [1.807, 2.05) is 25.1 Å². The Labute approximate surface area is 175 Å². The first kappa shape index (κ1) is 20.5. The lowest BCUT2D eigenvalue weighted by atomic mass is 10.1. The molecule has 0 aliphatic carbocycles. The van der Waals surface area contributed by atoms with Gasteiger partial charge in [0.15, 0.2) is 0 Å². The van der Waals surface area contributed by atoms with Crippen molar-refractivity contribution in [1.29, 1.82) is 0 Å². The zero-order valence-electron chi connectivity index (χ0n) is 15.8. The Bertz CT molecular complexity index is 1050. The van der Waals surface area contributed by atoms with Crippen molar-refractivity contribution >= 4 is 33.2 Å². The smallest absolute Gasteiger partial charge is 0.275 e. The van der Waals surface area contributed by atoms with Crippen LogP contribution in [0, 0.1) is 23.0 Å². The molecule has 0 spiro atoms. The van der Waals surface area contributed by atoms with E-state index in [0.29, 0.717) is 18.0 Å². The molecule has 1 N–H and O–H groups in total. The number of hydrogen-bond donors (Lipinski definition) is 1. The number of benzene rings is 2. The third-order valence-electron chi connectivity index (χ3n) is 4.11. The lowest BCUT2D eigenvalue weighted by Crippen LogP contribution is -2.24. The number of nitro groups is 1. The maximum absolute atomic E-state index is 12.5. The number of rotatable bonds is 7. The molecule has 0 radical (unpaired) electrons.